The zero-order valence-electron chi connectivity index (χ0n) is 22.1. The van der Waals surface area contributed by atoms with Gasteiger partial charge < -0.3 is 25.2 Å². The molecule has 0 saturated carbocycles. The van der Waals surface area contributed by atoms with E-state index in [1.54, 1.807) is 18.3 Å². The average Bonchev–Trinajstić information content (AvgIpc) is 3.41. The standard InChI is InChI=1S/C30H30ClN5O2S/c1-17(2)29(38)33-23-13-12-20(16-22(23)31)36-28(27(34-30(36)39)24-9-7-8-14-32-24)21-15-18(3)35(19(21)4)25-10-5-6-11-26(25)37/h5-17,27-28,37H,1-4H3,(H,33,38)(H,34,39)/t27-,28+/m0/s1. The maximum Gasteiger partial charge on any atom is 0.226 e. The Bertz CT molecular complexity index is 1550. The van der Waals surface area contributed by atoms with Crippen molar-refractivity contribution >= 4 is 46.2 Å². The molecule has 39 heavy (non-hydrogen) atoms. The Balaban J connectivity index is 1.63. The second kappa shape index (κ2) is 10.7. The van der Waals surface area contributed by atoms with E-state index in [4.69, 9.17) is 23.8 Å². The number of aryl methyl sites for hydroxylation is 1. The number of phenolic OH excluding ortho intramolecular Hbond substituents is 1. The number of anilines is 2. The van der Waals surface area contributed by atoms with Gasteiger partial charge in [0.1, 0.15) is 5.75 Å². The fraction of sp³-hybridized carbons (Fsp3) is 0.233. The van der Waals surface area contributed by atoms with Gasteiger partial charge in [-0.2, -0.15) is 0 Å². The molecule has 7 nitrogen and oxygen atoms in total. The highest BCUT2D eigenvalue weighted by molar-refractivity contribution is 7.80. The Morgan fingerprint density at radius 1 is 1.10 bits per heavy atom. The molecule has 0 aliphatic carbocycles. The summed E-state index contributed by atoms with van der Waals surface area (Å²) in [6.07, 6.45) is 1.77. The first-order chi connectivity index (χ1) is 18.7. The van der Waals surface area contributed by atoms with Crippen molar-refractivity contribution in [1.29, 1.82) is 0 Å². The van der Waals surface area contributed by atoms with Gasteiger partial charge in [-0.15, -0.1) is 0 Å². The third-order valence-electron chi connectivity index (χ3n) is 7.02. The van der Waals surface area contributed by atoms with Gasteiger partial charge in [-0.1, -0.05) is 43.6 Å². The highest BCUT2D eigenvalue weighted by Crippen LogP contribution is 2.45. The van der Waals surface area contributed by atoms with Crippen molar-refractivity contribution in [3.8, 4) is 11.4 Å². The van der Waals surface area contributed by atoms with Crippen LogP contribution in [-0.2, 0) is 4.79 Å². The molecule has 0 unspecified atom stereocenters. The van der Waals surface area contributed by atoms with Gasteiger partial charge in [0.25, 0.3) is 0 Å². The normalized spacial score (nSPS) is 17.0. The SMILES string of the molecule is Cc1cc([C@@H]2[C@H](c3ccccn3)NC(=S)N2c2ccc(NC(=O)C(C)C)c(Cl)c2)c(C)n1-c1ccccc1O. The number of carbonyl (C=O) groups is 1. The van der Waals surface area contributed by atoms with E-state index in [0.29, 0.717) is 21.5 Å². The van der Waals surface area contributed by atoms with Crippen LogP contribution >= 0.6 is 23.8 Å². The number of benzene rings is 2. The minimum atomic E-state index is -0.259. The minimum Gasteiger partial charge on any atom is -0.506 e. The van der Waals surface area contributed by atoms with Gasteiger partial charge in [0, 0.05) is 29.2 Å². The number of para-hydroxylation sites is 2. The largest absolute Gasteiger partial charge is 0.506 e. The number of aromatic hydroxyl groups is 1. The zero-order chi connectivity index (χ0) is 27.8. The number of halogens is 1. The van der Waals surface area contributed by atoms with E-state index in [1.165, 1.54) is 0 Å². The monoisotopic (exact) mass is 559 g/mol. The van der Waals surface area contributed by atoms with Crippen LogP contribution in [0.2, 0.25) is 5.02 Å². The third-order valence-corrected chi connectivity index (χ3v) is 7.65. The molecule has 9 heteroatoms. The lowest BCUT2D eigenvalue weighted by atomic mass is 9.96. The molecule has 2 atom stereocenters. The van der Waals surface area contributed by atoms with Gasteiger partial charge in [0.2, 0.25) is 5.91 Å². The number of amides is 1. The summed E-state index contributed by atoms with van der Waals surface area (Å²) in [5.74, 6) is -0.0681. The van der Waals surface area contributed by atoms with Crippen LogP contribution in [0.3, 0.4) is 0 Å². The summed E-state index contributed by atoms with van der Waals surface area (Å²) in [5.41, 5.74) is 5.89. The number of carbonyl (C=O) groups excluding carboxylic acids is 1. The number of rotatable bonds is 6. The summed E-state index contributed by atoms with van der Waals surface area (Å²) in [7, 11) is 0. The lowest BCUT2D eigenvalue weighted by Gasteiger charge is -2.28. The van der Waals surface area contributed by atoms with Crippen LogP contribution in [0.25, 0.3) is 5.69 Å². The number of phenols is 1. The smallest absolute Gasteiger partial charge is 0.226 e. The molecular weight excluding hydrogens is 530 g/mol. The van der Waals surface area contributed by atoms with E-state index in [0.717, 1.165) is 28.3 Å². The van der Waals surface area contributed by atoms with Crippen LogP contribution in [0, 0.1) is 19.8 Å². The van der Waals surface area contributed by atoms with Gasteiger partial charge in [-0.3, -0.25) is 9.78 Å². The molecule has 1 aliphatic heterocycles. The highest BCUT2D eigenvalue weighted by atomic mass is 35.5. The Morgan fingerprint density at radius 2 is 1.85 bits per heavy atom. The van der Waals surface area contributed by atoms with E-state index in [2.05, 4.69) is 26.3 Å². The quantitative estimate of drug-likeness (QED) is 0.230. The van der Waals surface area contributed by atoms with E-state index in [9.17, 15) is 9.90 Å². The van der Waals surface area contributed by atoms with Crippen LogP contribution in [0.5, 0.6) is 5.75 Å². The Labute approximate surface area is 238 Å². The summed E-state index contributed by atoms with van der Waals surface area (Å²) in [4.78, 5) is 19.0. The number of pyridine rings is 1. The molecule has 0 spiro atoms. The first-order valence-electron chi connectivity index (χ1n) is 12.8. The van der Waals surface area contributed by atoms with Gasteiger partial charge in [0.05, 0.1) is 34.2 Å². The molecule has 2 aromatic carbocycles. The Hall–Kier alpha value is -3.88. The summed E-state index contributed by atoms with van der Waals surface area (Å²) in [6.45, 7) is 7.73. The van der Waals surface area contributed by atoms with Crippen LogP contribution in [0.1, 0.15) is 48.6 Å². The van der Waals surface area contributed by atoms with Crippen LogP contribution in [-0.4, -0.2) is 25.7 Å². The second-order valence-electron chi connectivity index (χ2n) is 9.96. The Morgan fingerprint density at radius 3 is 2.51 bits per heavy atom. The third kappa shape index (κ3) is 4.97. The number of nitrogens with one attached hydrogen (secondary N) is 2. The molecule has 2 aromatic heterocycles. The van der Waals surface area contributed by atoms with E-state index >= 15 is 0 Å². The summed E-state index contributed by atoms with van der Waals surface area (Å²) < 4.78 is 2.05. The number of hydrogen-bond donors (Lipinski definition) is 3. The van der Waals surface area contributed by atoms with Crippen molar-refractivity contribution in [3.05, 3.63) is 101 Å². The predicted molar refractivity (Wildman–Crippen MR) is 160 cm³/mol. The summed E-state index contributed by atoms with van der Waals surface area (Å²) in [6, 6.07) is 20.3. The van der Waals surface area contributed by atoms with Gasteiger partial charge in [0.15, 0.2) is 5.11 Å². The first-order valence-corrected chi connectivity index (χ1v) is 13.5. The first kappa shape index (κ1) is 26.7. The highest BCUT2D eigenvalue weighted by Gasteiger charge is 2.42. The van der Waals surface area contributed by atoms with Crippen molar-refractivity contribution in [2.24, 2.45) is 5.92 Å². The van der Waals surface area contributed by atoms with Crippen molar-refractivity contribution < 1.29 is 9.90 Å². The fourth-order valence-corrected chi connectivity index (χ4v) is 5.66. The molecule has 1 saturated heterocycles. The molecule has 5 rings (SSSR count). The maximum absolute atomic E-state index is 12.3. The maximum atomic E-state index is 12.3. The number of hydrogen-bond acceptors (Lipinski definition) is 4. The van der Waals surface area contributed by atoms with Crippen LogP contribution < -0.4 is 15.5 Å². The predicted octanol–water partition coefficient (Wildman–Crippen LogP) is 6.62. The van der Waals surface area contributed by atoms with Crippen molar-refractivity contribution in [3.63, 3.8) is 0 Å². The summed E-state index contributed by atoms with van der Waals surface area (Å²) in [5, 5.41) is 17.9. The molecule has 0 bridgehead atoms. The van der Waals surface area contributed by atoms with Crippen molar-refractivity contribution in [2.75, 3.05) is 10.2 Å². The Kier molecular flexibility index (Phi) is 7.34. The molecule has 3 N–H and O–H groups in total. The average molecular weight is 560 g/mol. The van der Waals surface area contributed by atoms with Gasteiger partial charge in [-0.05, 0) is 80.2 Å². The lowest BCUT2D eigenvalue weighted by Crippen LogP contribution is -2.29. The molecule has 0 radical (unpaired) electrons. The zero-order valence-corrected chi connectivity index (χ0v) is 23.7. The number of thiocarbonyl (C=S) groups is 1. The second-order valence-corrected chi connectivity index (χ2v) is 10.7. The molecule has 200 valence electrons. The van der Waals surface area contributed by atoms with Gasteiger partial charge in [-0.25, -0.2) is 0 Å². The molecular formula is C30H30ClN5O2S. The molecule has 1 fully saturated rings. The number of aromatic nitrogens is 2. The topological polar surface area (TPSA) is 82.4 Å². The van der Waals surface area contributed by atoms with Crippen LogP contribution in [0.4, 0.5) is 11.4 Å². The minimum absolute atomic E-state index is 0.104. The van der Waals surface area contributed by atoms with Crippen molar-refractivity contribution in [1.82, 2.24) is 14.9 Å². The van der Waals surface area contributed by atoms with E-state index in [1.807, 2.05) is 81.1 Å². The number of nitrogens with zero attached hydrogens (tertiary/aromatic N) is 3. The summed E-state index contributed by atoms with van der Waals surface area (Å²) >= 11 is 12.5. The van der Waals surface area contributed by atoms with Gasteiger partial charge >= 0.3 is 0 Å². The molecule has 3 heterocycles. The van der Waals surface area contributed by atoms with E-state index in [-0.39, 0.29) is 29.7 Å². The molecule has 1 aliphatic rings. The lowest BCUT2D eigenvalue weighted by molar-refractivity contribution is -0.118. The molecule has 1 amide bonds. The molecule has 4 aromatic rings. The van der Waals surface area contributed by atoms with Crippen molar-refractivity contribution in [2.45, 2.75) is 39.8 Å². The van der Waals surface area contributed by atoms with E-state index < -0.39 is 0 Å². The fourth-order valence-electron chi connectivity index (χ4n) is 5.09. The van der Waals surface area contributed by atoms with Crippen LogP contribution in [0.15, 0.2) is 72.9 Å².